The molecule has 1 fully saturated rings. The summed E-state index contributed by atoms with van der Waals surface area (Å²) in [7, 11) is 3.19. The molecule has 1 heterocycles. The Kier molecular flexibility index (Phi) is 6.82. The lowest BCUT2D eigenvalue weighted by Crippen LogP contribution is -2.63. The zero-order valence-corrected chi connectivity index (χ0v) is 23.0. The molecule has 39 heavy (non-hydrogen) atoms. The molecule has 1 amide bonds. The maximum atomic E-state index is 13.8. The van der Waals surface area contributed by atoms with E-state index in [1.54, 1.807) is 14.1 Å². The lowest BCUT2D eigenvalue weighted by molar-refractivity contribution is -0.148. The number of aromatic hydroxyl groups is 1. The number of aliphatic hydroxyl groups excluding tert-OH is 2. The van der Waals surface area contributed by atoms with Crippen molar-refractivity contribution in [3.05, 3.63) is 50.4 Å². The first-order valence-corrected chi connectivity index (χ1v) is 13.6. The SMILES string of the molecule is CCN1CCCC1Cc1cc(O)c2c(c1Cl)C[C@H]1C[C@H]3[C@H](N(C)C)C(O)=C(C(N)=O)C(=O)[C@@]3(O)C(O)=C1C2=O. The van der Waals surface area contributed by atoms with Crippen molar-refractivity contribution in [3.63, 3.8) is 0 Å². The normalized spacial score (nSPS) is 31.0. The minimum absolute atomic E-state index is 0.0271. The summed E-state index contributed by atoms with van der Waals surface area (Å²) in [5.41, 5.74) is 2.82. The third-order valence-corrected chi connectivity index (χ3v) is 9.56. The molecule has 0 radical (unpaired) electrons. The van der Waals surface area contributed by atoms with E-state index in [0.29, 0.717) is 17.0 Å². The van der Waals surface area contributed by atoms with Gasteiger partial charge in [0.05, 0.1) is 11.6 Å². The van der Waals surface area contributed by atoms with Crippen molar-refractivity contribution < 1.29 is 34.8 Å². The predicted octanol–water partition coefficient (Wildman–Crippen LogP) is 1.80. The third kappa shape index (κ3) is 3.91. The van der Waals surface area contributed by atoms with E-state index in [4.69, 9.17) is 17.3 Å². The fourth-order valence-corrected chi connectivity index (χ4v) is 7.60. The molecule has 1 aliphatic heterocycles. The summed E-state index contributed by atoms with van der Waals surface area (Å²) in [4.78, 5) is 43.1. The molecule has 5 rings (SSSR count). The number of carbonyl (C=O) groups is 3. The van der Waals surface area contributed by atoms with E-state index in [2.05, 4.69) is 11.8 Å². The molecule has 0 saturated carbocycles. The second-order valence-corrected chi connectivity index (χ2v) is 11.7. The van der Waals surface area contributed by atoms with Crippen LogP contribution in [0.2, 0.25) is 5.02 Å². The van der Waals surface area contributed by atoms with Gasteiger partial charge in [0.15, 0.2) is 11.4 Å². The maximum absolute atomic E-state index is 13.8. The van der Waals surface area contributed by atoms with Gasteiger partial charge < -0.3 is 31.1 Å². The van der Waals surface area contributed by atoms with E-state index >= 15 is 0 Å². The minimum atomic E-state index is -2.66. The quantitative estimate of drug-likeness (QED) is 0.338. The zero-order valence-electron chi connectivity index (χ0n) is 22.2. The van der Waals surface area contributed by atoms with Gasteiger partial charge in [0.2, 0.25) is 5.78 Å². The first-order chi connectivity index (χ1) is 18.3. The molecule has 3 aliphatic carbocycles. The van der Waals surface area contributed by atoms with Gasteiger partial charge in [0, 0.05) is 22.6 Å². The molecular formula is C28H34ClN3O7. The fraction of sp³-hybridized carbons (Fsp3) is 0.536. The number of nitrogens with two attached hydrogens (primary N) is 1. The van der Waals surface area contributed by atoms with Gasteiger partial charge in [-0.15, -0.1) is 0 Å². The van der Waals surface area contributed by atoms with Crippen LogP contribution in [0.4, 0.5) is 0 Å². The molecule has 11 heteroatoms. The number of amides is 1. The molecule has 1 unspecified atom stereocenters. The first kappa shape index (κ1) is 27.6. The van der Waals surface area contributed by atoms with Crippen molar-refractivity contribution >= 4 is 29.1 Å². The number of Topliss-reactive ketones (excluding diaryl/α,β-unsaturated/α-hetero) is 2. The maximum Gasteiger partial charge on any atom is 0.255 e. The Hall–Kier alpha value is -2.92. The Bertz CT molecular complexity index is 1350. The number of likely N-dealkylation sites (tertiary alicyclic amines) is 1. The van der Waals surface area contributed by atoms with Gasteiger partial charge in [0.25, 0.3) is 5.91 Å². The second-order valence-electron chi connectivity index (χ2n) is 11.3. The van der Waals surface area contributed by atoms with Crippen LogP contribution in [-0.4, -0.2) is 92.6 Å². The molecule has 210 valence electrons. The van der Waals surface area contributed by atoms with E-state index < -0.39 is 58.0 Å². The summed E-state index contributed by atoms with van der Waals surface area (Å²) >= 11 is 6.87. The van der Waals surface area contributed by atoms with Crippen LogP contribution in [0.3, 0.4) is 0 Å². The number of aliphatic hydroxyl groups is 3. The zero-order chi connectivity index (χ0) is 28.5. The number of rotatable bonds is 5. The lowest BCUT2D eigenvalue weighted by atomic mass is 9.58. The average Bonchev–Trinajstić information content (AvgIpc) is 3.31. The largest absolute Gasteiger partial charge is 0.510 e. The monoisotopic (exact) mass is 559 g/mol. The number of phenols is 1. The van der Waals surface area contributed by atoms with Crippen LogP contribution in [-0.2, 0) is 22.4 Å². The number of phenolic OH excluding ortho intramolecular Hbond substituents is 1. The van der Waals surface area contributed by atoms with Gasteiger partial charge in [-0.25, -0.2) is 0 Å². The van der Waals surface area contributed by atoms with E-state index in [1.807, 2.05) is 0 Å². The standard InChI is InChI=1S/C28H34ClN3O7/c1-4-32-7-5-6-14(32)8-13-11-17(33)19-15(21(13)29)9-12-10-16-22(31(2)3)24(35)20(27(30)38)26(37)28(16,39)25(36)18(12)23(19)34/h11-12,14,16,22,33,35-36,39H,4-10H2,1-3H3,(H2,30,38)/t12-,14?,16-,22-,28-/m0/s1. The highest BCUT2D eigenvalue weighted by molar-refractivity contribution is 6.33. The van der Waals surface area contributed by atoms with Crippen molar-refractivity contribution in [2.75, 3.05) is 27.2 Å². The number of likely N-dealkylation sites (N-methyl/N-ethyl adjacent to an activating group) is 2. The van der Waals surface area contributed by atoms with Gasteiger partial charge in [-0.3, -0.25) is 19.3 Å². The van der Waals surface area contributed by atoms with Crippen LogP contribution in [0.1, 0.15) is 47.7 Å². The summed E-state index contributed by atoms with van der Waals surface area (Å²) in [5.74, 6) is -6.73. The van der Waals surface area contributed by atoms with Crippen LogP contribution < -0.4 is 5.73 Å². The van der Waals surface area contributed by atoms with Gasteiger partial charge in [-0.05, 0) is 82.4 Å². The average molecular weight is 560 g/mol. The number of benzene rings is 1. The first-order valence-electron chi connectivity index (χ1n) is 13.3. The number of primary amides is 1. The summed E-state index contributed by atoms with van der Waals surface area (Å²) in [6.45, 7) is 4.00. The molecule has 0 bridgehead atoms. The Morgan fingerprint density at radius 2 is 1.95 bits per heavy atom. The van der Waals surface area contributed by atoms with Gasteiger partial charge >= 0.3 is 0 Å². The van der Waals surface area contributed by atoms with Crippen LogP contribution in [0.5, 0.6) is 5.75 Å². The number of carbonyl (C=O) groups excluding carboxylic acids is 3. The number of ketones is 2. The van der Waals surface area contributed by atoms with Crippen molar-refractivity contribution in [3.8, 4) is 5.75 Å². The molecule has 10 nitrogen and oxygen atoms in total. The third-order valence-electron chi connectivity index (χ3n) is 9.09. The van der Waals surface area contributed by atoms with Crippen molar-refractivity contribution in [2.45, 2.75) is 56.7 Å². The smallest absolute Gasteiger partial charge is 0.255 e. The Balaban J connectivity index is 1.62. The number of hydrogen-bond donors (Lipinski definition) is 5. The molecule has 0 aromatic heterocycles. The van der Waals surface area contributed by atoms with E-state index in [1.165, 1.54) is 11.0 Å². The van der Waals surface area contributed by atoms with Crippen LogP contribution in [0, 0.1) is 11.8 Å². The van der Waals surface area contributed by atoms with Crippen molar-refractivity contribution in [2.24, 2.45) is 17.6 Å². The lowest BCUT2D eigenvalue weighted by Gasteiger charge is -2.50. The molecule has 5 atom stereocenters. The van der Waals surface area contributed by atoms with E-state index in [0.717, 1.165) is 31.5 Å². The van der Waals surface area contributed by atoms with Crippen LogP contribution in [0.15, 0.2) is 28.7 Å². The van der Waals surface area contributed by atoms with Gasteiger partial charge in [-0.1, -0.05) is 18.5 Å². The Morgan fingerprint density at radius 1 is 1.26 bits per heavy atom. The minimum Gasteiger partial charge on any atom is -0.510 e. The summed E-state index contributed by atoms with van der Waals surface area (Å²) in [6.07, 6.45) is 2.91. The number of hydrogen-bond acceptors (Lipinski definition) is 9. The molecule has 4 aliphatic rings. The van der Waals surface area contributed by atoms with E-state index in [-0.39, 0.29) is 35.8 Å². The second kappa shape index (κ2) is 9.62. The number of halogens is 1. The van der Waals surface area contributed by atoms with E-state index in [9.17, 15) is 34.8 Å². The van der Waals surface area contributed by atoms with Crippen LogP contribution >= 0.6 is 11.6 Å². The summed E-state index contributed by atoms with van der Waals surface area (Å²) in [5, 5.41) is 45.3. The molecule has 0 spiro atoms. The predicted molar refractivity (Wildman–Crippen MR) is 143 cm³/mol. The Labute approximate surface area is 231 Å². The van der Waals surface area contributed by atoms with Crippen molar-refractivity contribution in [1.82, 2.24) is 9.80 Å². The van der Waals surface area contributed by atoms with Crippen LogP contribution in [0.25, 0.3) is 0 Å². The molecule has 1 saturated heterocycles. The fourth-order valence-electron chi connectivity index (χ4n) is 7.30. The number of nitrogens with zero attached hydrogens (tertiary/aromatic N) is 2. The highest BCUT2D eigenvalue weighted by Crippen LogP contribution is 2.53. The molecule has 1 aromatic carbocycles. The number of allylic oxidation sites excluding steroid dienone is 1. The van der Waals surface area contributed by atoms with Gasteiger partial charge in [0.1, 0.15) is 22.8 Å². The highest BCUT2D eigenvalue weighted by Gasteiger charge is 2.63. The highest BCUT2D eigenvalue weighted by atomic mass is 35.5. The summed E-state index contributed by atoms with van der Waals surface area (Å²) < 4.78 is 0. The Morgan fingerprint density at radius 3 is 2.56 bits per heavy atom. The van der Waals surface area contributed by atoms with Gasteiger partial charge in [-0.2, -0.15) is 0 Å². The molecule has 1 aromatic rings. The summed E-state index contributed by atoms with van der Waals surface area (Å²) in [6, 6.07) is 0.730. The van der Waals surface area contributed by atoms with Crippen molar-refractivity contribution in [1.29, 1.82) is 0 Å². The molecule has 6 N–H and O–H groups in total. The molecular weight excluding hydrogens is 526 g/mol. The topological polar surface area (TPSA) is 165 Å². The number of fused-ring (bicyclic) bond motifs is 3.